The molecule has 0 spiro atoms. The van der Waals surface area contributed by atoms with E-state index < -0.39 is 0 Å². The molecule has 2 heterocycles. The first-order chi connectivity index (χ1) is 12.7. The summed E-state index contributed by atoms with van der Waals surface area (Å²) in [6.45, 7) is 3.94. The molecule has 1 fully saturated rings. The van der Waals surface area contributed by atoms with Gasteiger partial charge in [0, 0.05) is 11.5 Å². The Kier molecular flexibility index (Phi) is 4.96. The zero-order chi connectivity index (χ0) is 18.1. The lowest BCUT2D eigenvalue weighted by molar-refractivity contribution is -0.127. The molecule has 1 aromatic heterocycles. The van der Waals surface area contributed by atoms with Gasteiger partial charge in [0.2, 0.25) is 5.91 Å². The topological polar surface area (TPSA) is 63.2 Å². The lowest BCUT2D eigenvalue weighted by Gasteiger charge is -2.33. The summed E-state index contributed by atoms with van der Waals surface area (Å²) < 4.78 is 5.23. The van der Waals surface area contributed by atoms with Crippen LogP contribution in [0.25, 0.3) is 10.6 Å². The summed E-state index contributed by atoms with van der Waals surface area (Å²) in [7, 11) is 1.67. The van der Waals surface area contributed by atoms with Crippen LogP contribution in [0.15, 0.2) is 24.3 Å². The number of ether oxygens (including phenoxy) is 1. The number of rotatable bonds is 5. The van der Waals surface area contributed by atoms with Gasteiger partial charge in [-0.05, 0) is 62.5 Å². The Morgan fingerprint density at radius 3 is 2.77 bits per heavy atom. The summed E-state index contributed by atoms with van der Waals surface area (Å²) in [5.41, 5.74) is 2.25. The van der Waals surface area contributed by atoms with Gasteiger partial charge in [0.05, 0.1) is 23.7 Å². The molecule has 6 heteroatoms. The molecule has 26 heavy (non-hydrogen) atoms. The summed E-state index contributed by atoms with van der Waals surface area (Å²) in [6, 6.07) is 8.11. The van der Waals surface area contributed by atoms with E-state index in [-0.39, 0.29) is 17.9 Å². The van der Waals surface area contributed by atoms with Gasteiger partial charge in [0.1, 0.15) is 10.8 Å². The van der Waals surface area contributed by atoms with Gasteiger partial charge in [-0.1, -0.05) is 6.92 Å². The number of thiazole rings is 1. The van der Waals surface area contributed by atoms with Crippen LogP contribution in [0.3, 0.4) is 0 Å². The van der Waals surface area contributed by atoms with Gasteiger partial charge in [0.15, 0.2) is 0 Å². The number of methoxy groups -OCH3 is 1. The molecule has 4 rings (SSSR count). The minimum Gasteiger partial charge on any atom is -0.497 e. The number of hydrogen-bond donors (Lipinski definition) is 2. The largest absolute Gasteiger partial charge is 0.497 e. The molecule has 0 saturated carbocycles. The van der Waals surface area contributed by atoms with E-state index in [1.807, 2.05) is 31.2 Å². The molecule has 2 aliphatic rings. The third kappa shape index (κ3) is 3.35. The third-order valence-corrected chi connectivity index (χ3v) is 6.80. The zero-order valence-electron chi connectivity index (χ0n) is 15.2. The molecule has 138 valence electrons. The Morgan fingerprint density at radius 1 is 1.35 bits per heavy atom. The minimum atomic E-state index is 0.0654. The molecular formula is C20H25N3O2S. The van der Waals surface area contributed by atoms with Gasteiger partial charge in [-0.3, -0.25) is 4.79 Å². The molecule has 1 aromatic carbocycles. The van der Waals surface area contributed by atoms with Crippen molar-refractivity contribution >= 4 is 17.2 Å². The summed E-state index contributed by atoms with van der Waals surface area (Å²) in [6.07, 6.45) is 3.07. The molecule has 1 amide bonds. The van der Waals surface area contributed by atoms with Gasteiger partial charge in [0.25, 0.3) is 0 Å². The van der Waals surface area contributed by atoms with Gasteiger partial charge < -0.3 is 15.4 Å². The minimum absolute atomic E-state index is 0.0654. The van der Waals surface area contributed by atoms with Crippen molar-refractivity contribution in [1.82, 2.24) is 15.6 Å². The predicted molar refractivity (Wildman–Crippen MR) is 103 cm³/mol. The van der Waals surface area contributed by atoms with Crippen LogP contribution in [0.4, 0.5) is 0 Å². The summed E-state index contributed by atoms with van der Waals surface area (Å²) in [5.74, 6) is 1.55. The van der Waals surface area contributed by atoms with Crippen LogP contribution in [0, 0.1) is 11.8 Å². The second kappa shape index (κ2) is 7.37. The normalized spacial score (nSPS) is 20.8. The first-order valence-electron chi connectivity index (χ1n) is 9.31. The molecule has 0 radical (unpaired) electrons. The van der Waals surface area contributed by atoms with Crippen molar-refractivity contribution in [3.05, 3.63) is 34.8 Å². The number of carbonyl (C=O) groups excluding carboxylic acids is 1. The average molecular weight is 372 g/mol. The maximum atomic E-state index is 12.6. The highest BCUT2D eigenvalue weighted by atomic mass is 32.1. The third-order valence-electron chi connectivity index (χ3n) is 5.54. The summed E-state index contributed by atoms with van der Waals surface area (Å²) in [5, 5.41) is 7.56. The molecule has 5 nitrogen and oxygen atoms in total. The van der Waals surface area contributed by atoms with Gasteiger partial charge in [-0.25, -0.2) is 4.98 Å². The maximum Gasteiger partial charge on any atom is 0.223 e. The van der Waals surface area contributed by atoms with E-state index in [0.717, 1.165) is 54.4 Å². The Hall–Kier alpha value is -1.92. The highest BCUT2D eigenvalue weighted by Crippen LogP contribution is 2.38. The number of benzene rings is 1. The number of aromatic nitrogens is 1. The number of hydrogen-bond acceptors (Lipinski definition) is 5. The smallest absolute Gasteiger partial charge is 0.223 e. The van der Waals surface area contributed by atoms with E-state index >= 15 is 0 Å². The SMILES string of the molecule is COc1ccc(-c2nc3c(s2)C(NC(=O)C(C)C2CNC2)CCC3)cc1. The molecule has 2 N–H and O–H groups in total. The van der Waals surface area contributed by atoms with Crippen LogP contribution in [0.5, 0.6) is 5.75 Å². The number of aryl methyl sites for hydroxylation is 1. The number of nitrogens with one attached hydrogen (secondary N) is 2. The Labute approximate surface area is 158 Å². The van der Waals surface area contributed by atoms with Crippen LogP contribution >= 0.6 is 11.3 Å². The lowest BCUT2D eigenvalue weighted by atomic mass is 9.87. The first-order valence-corrected chi connectivity index (χ1v) is 10.1. The van der Waals surface area contributed by atoms with Crippen molar-refractivity contribution in [2.45, 2.75) is 32.2 Å². The van der Waals surface area contributed by atoms with Gasteiger partial charge in [-0.15, -0.1) is 11.3 Å². The number of fused-ring (bicyclic) bond motifs is 1. The van der Waals surface area contributed by atoms with Crippen LogP contribution in [0.1, 0.15) is 36.4 Å². The Morgan fingerprint density at radius 2 is 2.12 bits per heavy atom. The number of amides is 1. The van der Waals surface area contributed by atoms with E-state index in [1.165, 1.54) is 4.88 Å². The van der Waals surface area contributed by atoms with Crippen molar-refractivity contribution in [3.8, 4) is 16.3 Å². The monoisotopic (exact) mass is 371 g/mol. The van der Waals surface area contributed by atoms with Crippen molar-refractivity contribution in [2.24, 2.45) is 11.8 Å². The first kappa shape index (κ1) is 17.5. The van der Waals surface area contributed by atoms with E-state index in [9.17, 15) is 4.79 Å². The van der Waals surface area contributed by atoms with Crippen LogP contribution in [0.2, 0.25) is 0 Å². The van der Waals surface area contributed by atoms with Gasteiger partial charge >= 0.3 is 0 Å². The van der Waals surface area contributed by atoms with Crippen molar-refractivity contribution < 1.29 is 9.53 Å². The highest BCUT2D eigenvalue weighted by Gasteiger charge is 2.32. The van der Waals surface area contributed by atoms with E-state index in [1.54, 1.807) is 18.4 Å². The Balaban J connectivity index is 1.52. The molecule has 2 atom stereocenters. The molecule has 1 aliphatic carbocycles. The quantitative estimate of drug-likeness (QED) is 0.847. The van der Waals surface area contributed by atoms with Crippen LogP contribution in [-0.2, 0) is 11.2 Å². The van der Waals surface area contributed by atoms with Crippen molar-refractivity contribution in [3.63, 3.8) is 0 Å². The second-order valence-electron chi connectivity index (χ2n) is 7.22. The highest BCUT2D eigenvalue weighted by molar-refractivity contribution is 7.15. The zero-order valence-corrected chi connectivity index (χ0v) is 16.1. The molecule has 0 bridgehead atoms. The standard InChI is InChI=1S/C20H25N3O2S/c1-12(14-10-21-11-14)19(24)22-16-4-3-5-17-18(16)26-20(23-17)13-6-8-15(25-2)9-7-13/h6-9,12,14,16,21H,3-5,10-11H2,1-2H3,(H,22,24). The molecule has 1 aliphatic heterocycles. The van der Waals surface area contributed by atoms with E-state index in [2.05, 4.69) is 10.6 Å². The van der Waals surface area contributed by atoms with E-state index in [4.69, 9.17) is 9.72 Å². The van der Waals surface area contributed by atoms with E-state index in [0.29, 0.717) is 5.92 Å². The fourth-order valence-corrected chi connectivity index (χ4v) is 4.80. The predicted octanol–water partition coefficient (Wildman–Crippen LogP) is 3.17. The van der Waals surface area contributed by atoms with Crippen LogP contribution in [-0.4, -0.2) is 31.1 Å². The fraction of sp³-hybridized carbons (Fsp3) is 0.500. The number of nitrogens with zero attached hydrogens (tertiary/aromatic N) is 1. The van der Waals surface area contributed by atoms with Crippen LogP contribution < -0.4 is 15.4 Å². The molecule has 1 saturated heterocycles. The average Bonchev–Trinajstić information content (AvgIpc) is 3.05. The molecular weight excluding hydrogens is 346 g/mol. The fourth-order valence-electron chi connectivity index (χ4n) is 3.60. The molecule has 2 aromatic rings. The van der Waals surface area contributed by atoms with Crippen molar-refractivity contribution in [2.75, 3.05) is 20.2 Å². The summed E-state index contributed by atoms with van der Waals surface area (Å²) in [4.78, 5) is 18.7. The molecule has 2 unspecified atom stereocenters. The van der Waals surface area contributed by atoms with Gasteiger partial charge in [-0.2, -0.15) is 0 Å². The Bertz CT molecular complexity index is 783. The maximum absolute atomic E-state index is 12.6. The second-order valence-corrected chi connectivity index (χ2v) is 8.25. The van der Waals surface area contributed by atoms with Crippen molar-refractivity contribution in [1.29, 1.82) is 0 Å². The lowest BCUT2D eigenvalue weighted by Crippen LogP contribution is -2.50. The summed E-state index contributed by atoms with van der Waals surface area (Å²) >= 11 is 1.71. The number of carbonyl (C=O) groups is 1.